The molecule has 0 saturated heterocycles. The van der Waals surface area contributed by atoms with Crippen LogP contribution < -0.4 is 15.2 Å². The molecule has 1 aromatic carbocycles. The Balaban J connectivity index is 2.52. The number of ether oxygens (including phenoxy) is 2. The van der Waals surface area contributed by atoms with Crippen LogP contribution >= 0.6 is 0 Å². The molecule has 0 radical (unpaired) electrons. The number of rotatable bonds is 4. The largest absolute Gasteiger partial charge is 0.486 e. The molecule has 1 heterocycles. The lowest BCUT2D eigenvalue weighted by Crippen LogP contribution is -2.24. The Morgan fingerprint density at radius 2 is 2.17 bits per heavy atom. The van der Waals surface area contributed by atoms with Crippen LogP contribution in [-0.4, -0.2) is 30.8 Å². The van der Waals surface area contributed by atoms with Gasteiger partial charge in [-0.15, -0.1) is 0 Å². The normalized spacial score (nSPS) is 15.2. The predicted octanol–water partition coefficient (Wildman–Crippen LogP) is 1.05. The molecule has 18 heavy (non-hydrogen) atoms. The van der Waals surface area contributed by atoms with Gasteiger partial charge in [-0.2, -0.15) is 0 Å². The second-order valence-corrected chi connectivity index (χ2v) is 3.97. The number of hydrogen-bond acceptors (Lipinski definition) is 4. The van der Waals surface area contributed by atoms with E-state index in [4.69, 9.17) is 20.3 Å². The topological polar surface area (TPSA) is 81.8 Å². The Hall–Kier alpha value is -1.82. The van der Waals surface area contributed by atoms with Gasteiger partial charge in [0.1, 0.15) is 19.9 Å². The minimum atomic E-state index is -1.06. The molecular formula is C12H14FNO4. The van der Waals surface area contributed by atoms with Crippen LogP contribution in [0.3, 0.4) is 0 Å². The van der Waals surface area contributed by atoms with Crippen molar-refractivity contribution in [1.29, 1.82) is 0 Å². The third kappa shape index (κ3) is 2.24. The average molecular weight is 255 g/mol. The van der Waals surface area contributed by atoms with E-state index in [1.54, 1.807) is 0 Å². The zero-order chi connectivity index (χ0) is 13.1. The summed E-state index contributed by atoms with van der Waals surface area (Å²) in [5, 5.41) is 9.12. The minimum absolute atomic E-state index is 0.0825. The highest BCUT2D eigenvalue weighted by Gasteiger charge is 2.27. The fourth-order valence-electron chi connectivity index (χ4n) is 1.94. The first-order chi connectivity index (χ1) is 8.67. The van der Waals surface area contributed by atoms with E-state index in [1.165, 1.54) is 12.1 Å². The van der Waals surface area contributed by atoms with Crippen LogP contribution in [0.4, 0.5) is 4.39 Å². The molecule has 0 amide bonds. The number of halogens is 1. The summed E-state index contributed by atoms with van der Waals surface area (Å²) in [7, 11) is 0. The summed E-state index contributed by atoms with van der Waals surface area (Å²) in [6.07, 6.45) is 0. The van der Waals surface area contributed by atoms with Crippen LogP contribution in [0.2, 0.25) is 0 Å². The van der Waals surface area contributed by atoms with Gasteiger partial charge in [0.15, 0.2) is 11.5 Å². The van der Waals surface area contributed by atoms with Crippen molar-refractivity contribution in [1.82, 2.24) is 0 Å². The van der Waals surface area contributed by atoms with Crippen molar-refractivity contribution in [2.24, 2.45) is 5.73 Å². The number of aliphatic carboxylic acids is 1. The fraction of sp³-hybridized carbons (Fsp3) is 0.417. The van der Waals surface area contributed by atoms with Crippen molar-refractivity contribution < 1.29 is 23.8 Å². The zero-order valence-corrected chi connectivity index (χ0v) is 9.69. The average Bonchev–Trinajstić information content (AvgIpc) is 2.38. The first-order valence-corrected chi connectivity index (χ1v) is 5.58. The van der Waals surface area contributed by atoms with Crippen molar-refractivity contribution in [3.8, 4) is 11.5 Å². The number of alkyl halides is 1. The van der Waals surface area contributed by atoms with Crippen molar-refractivity contribution >= 4 is 5.97 Å². The van der Waals surface area contributed by atoms with Gasteiger partial charge in [-0.05, 0) is 17.7 Å². The summed E-state index contributed by atoms with van der Waals surface area (Å²) < 4.78 is 23.5. The van der Waals surface area contributed by atoms with E-state index in [0.29, 0.717) is 35.8 Å². The number of nitrogens with two attached hydrogens (primary N) is 1. The molecule has 3 N–H and O–H groups in total. The molecular weight excluding hydrogens is 241 g/mol. The second-order valence-electron chi connectivity index (χ2n) is 3.97. The first kappa shape index (κ1) is 12.6. The lowest BCUT2D eigenvalue weighted by Gasteiger charge is -2.24. The second kappa shape index (κ2) is 5.22. The molecule has 0 aromatic heterocycles. The van der Waals surface area contributed by atoms with E-state index in [1.807, 2.05) is 0 Å². The zero-order valence-electron chi connectivity index (χ0n) is 9.69. The van der Waals surface area contributed by atoms with E-state index < -0.39 is 18.6 Å². The molecule has 1 aliphatic heterocycles. The summed E-state index contributed by atoms with van der Waals surface area (Å²) >= 11 is 0. The highest BCUT2D eigenvalue weighted by atomic mass is 19.1. The van der Waals surface area contributed by atoms with E-state index in [-0.39, 0.29) is 6.54 Å². The van der Waals surface area contributed by atoms with Gasteiger partial charge in [-0.25, -0.2) is 4.39 Å². The van der Waals surface area contributed by atoms with Crippen LogP contribution in [0.1, 0.15) is 17.0 Å². The molecule has 0 aliphatic carbocycles. The third-order valence-electron chi connectivity index (χ3n) is 2.79. The van der Waals surface area contributed by atoms with Crippen LogP contribution in [0.15, 0.2) is 12.1 Å². The number of carboxylic acid groups (broad SMARTS) is 1. The molecule has 1 aliphatic rings. The maximum atomic E-state index is 12.8. The first-order valence-electron chi connectivity index (χ1n) is 5.58. The van der Waals surface area contributed by atoms with Crippen molar-refractivity contribution in [2.75, 3.05) is 19.8 Å². The van der Waals surface area contributed by atoms with Gasteiger partial charge < -0.3 is 20.3 Å². The summed E-state index contributed by atoms with van der Waals surface area (Å²) in [6.45, 7) is -0.0736. The molecule has 0 saturated carbocycles. The van der Waals surface area contributed by atoms with Crippen LogP contribution in [-0.2, 0) is 11.5 Å². The molecule has 0 bridgehead atoms. The van der Waals surface area contributed by atoms with Gasteiger partial charge in [-0.3, -0.25) is 4.79 Å². The lowest BCUT2D eigenvalue weighted by atomic mass is 9.95. The quantitative estimate of drug-likeness (QED) is 0.840. The van der Waals surface area contributed by atoms with Crippen molar-refractivity contribution in [2.45, 2.75) is 12.6 Å². The summed E-state index contributed by atoms with van der Waals surface area (Å²) in [6, 6.07) is 2.99. The monoisotopic (exact) mass is 255 g/mol. The number of carboxylic acids is 1. The van der Waals surface area contributed by atoms with Crippen LogP contribution in [0.25, 0.3) is 0 Å². The minimum Gasteiger partial charge on any atom is -0.486 e. The van der Waals surface area contributed by atoms with Crippen molar-refractivity contribution in [3.05, 3.63) is 23.3 Å². The SMILES string of the molecule is NCC(C(=O)O)c1cc(CF)cc2c1OCCO2. The van der Waals surface area contributed by atoms with E-state index in [9.17, 15) is 9.18 Å². The molecule has 5 nitrogen and oxygen atoms in total. The Bertz CT molecular complexity index is 464. The fourth-order valence-corrected chi connectivity index (χ4v) is 1.94. The Kier molecular flexibility index (Phi) is 3.66. The molecule has 1 unspecified atom stereocenters. The lowest BCUT2D eigenvalue weighted by molar-refractivity contribution is -0.138. The summed E-state index contributed by atoms with van der Waals surface area (Å²) in [5.74, 6) is -1.25. The van der Waals surface area contributed by atoms with Crippen LogP contribution in [0.5, 0.6) is 11.5 Å². The Morgan fingerprint density at radius 3 is 2.78 bits per heavy atom. The van der Waals surface area contributed by atoms with Crippen molar-refractivity contribution in [3.63, 3.8) is 0 Å². The molecule has 1 aromatic rings. The summed E-state index contributed by atoms with van der Waals surface area (Å²) in [4.78, 5) is 11.1. The maximum absolute atomic E-state index is 12.8. The highest BCUT2D eigenvalue weighted by molar-refractivity contribution is 5.78. The van der Waals surface area contributed by atoms with Gasteiger partial charge in [0.25, 0.3) is 0 Å². The third-order valence-corrected chi connectivity index (χ3v) is 2.79. The molecule has 0 spiro atoms. The van der Waals surface area contributed by atoms with Gasteiger partial charge in [0, 0.05) is 12.1 Å². The number of hydrogen-bond donors (Lipinski definition) is 2. The maximum Gasteiger partial charge on any atom is 0.312 e. The van der Waals surface area contributed by atoms with E-state index in [0.717, 1.165) is 0 Å². The number of carbonyl (C=O) groups is 1. The highest BCUT2D eigenvalue weighted by Crippen LogP contribution is 2.39. The predicted molar refractivity (Wildman–Crippen MR) is 61.7 cm³/mol. The Morgan fingerprint density at radius 1 is 1.44 bits per heavy atom. The molecule has 6 heteroatoms. The number of fused-ring (bicyclic) bond motifs is 1. The smallest absolute Gasteiger partial charge is 0.312 e. The molecule has 1 atom stereocenters. The molecule has 98 valence electrons. The molecule has 0 fully saturated rings. The van der Waals surface area contributed by atoms with Crippen LogP contribution in [0, 0.1) is 0 Å². The Labute approximate surface area is 103 Å². The summed E-state index contributed by atoms with van der Waals surface area (Å²) in [5.41, 5.74) is 6.19. The standard InChI is InChI=1S/C12H14FNO4/c13-5-7-3-8(9(6-14)12(15)16)11-10(4-7)17-1-2-18-11/h3-4,9H,1-2,5-6,14H2,(H,15,16). The van der Waals surface area contributed by atoms with Gasteiger partial charge in [0.2, 0.25) is 0 Å². The van der Waals surface area contributed by atoms with Gasteiger partial charge in [0.05, 0.1) is 5.92 Å². The molecule has 2 rings (SSSR count). The number of benzene rings is 1. The van der Waals surface area contributed by atoms with Gasteiger partial charge in [-0.1, -0.05) is 0 Å². The van der Waals surface area contributed by atoms with Gasteiger partial charge >= 0.3 is 5.97 Å². The van der Waals surface area contributed by atoms with E-state index in [2.05, 4.69) is 0 Å². The van der Waals surface area contributed by atoms with E-state index >= 15 is 0 Å².